The van der Waals surface area contributed by atoms with E-state index in [1.807, 2.05) is 18.2 Å². The second kappa shape index (κ2) is 2.99. The number of allylic oxidation sites excluding steroid dienone is 1. The molecule has 0 amide bonds. The van der Waals surface area contributed by atoms with Crippen molar-refractivity contribution in [3.63, 3.8) is 0 Å². The van der Waals surface area contributed by atoms with Gasteiger partial charge in [0.05, 0.1) is 0 Å². The fourth-order valence-electron chi connectivity index (χ4n) is 1.86. The van der Waals surface area contributed by atoms with Crippen LogP contribution in [0.25, 0.3) is 5.83 Å². The lowest BCUT2D eigenvalue weighted by Crippen LogP contribution is -1.94. The van der Waals surface area contributed by atoms with Gasteiger partial charge in [-0.1, -0.05) is 32.0 Å². The van der Waals surface area contributed by atoms with Gasteiger partial charge in [-0.25, -0.2) is 4.39 Å². The molecule has 0 spiro atoms. The van der Waals surface area contributed by atoms with Gasteiger partial charge in [-0.3, -0.25) is 0 Å². The van der Waals surface area contributed by atoms with Gasteiger partial charge in [0, 0.05) is 5.56 Å². The summed E-state index contributed by atoms with van der Waals surface area (Å²) in [5.74, 6) is 0.353. The third-order valence-corrected chi connectivity index (χ3v) is 2.55. The molecule has 0 N–H and O–H groups in total. The minimum atomic E-state index is -0.0423. The van der Waals surface area contributed by atoms with E-state index in [1.165, 1.54) is 0 Å². The Morgan fingerprint density at radius 2 is 2.08 bits per heavy atom. The molecule has 2 rings (SSSR count). The van der Waals surface area contributed by atoms with Crippen molar-refractivity contribution in [1.82, 2.24) is 0 Å². The molecule has 0 atom stereocenters. The average molecular weight is 176 g/mol. The van der Waals surface area contributed by atoms with Gasteiger partial charge in [0.2, 0.25) is 0 Å². The van der Waals surface area contributed by atoms with Crippen LogP contribution in [0.4, 0.5) is 4.39 Å². The Balaban J connectivity index is 2.60. The van der Waals surface area contributed by atoms with Crippen molar-refractivity contribution in [3.8, 4) is 0 Å². The Hall–Kier alpha value is -1.11. The summed E-state index contributed by atoms with van der Waals surface area (Å²) < 4.78 is 13.4. The molecule has 0 bridgehead atoms. The van der Waals surface area contributed by atoms with Crippen LogP contribution in [0.15, 0.2) is 24.3 Å². The third-order valence-electron chi connectivity index (χ3n) is 2.55. The summed E-state index contributed by atoms with van der Waals surface area (Å²) in [6, 6.07) is 6.03. The van der Waals surface area contributed by atoms with Gasteiger partial charge in [0.25, 0.3) is 0 Å². The Labute approximate surface area is 78.1 Å². The summed E-state index contributed by atoms with van der Waals surface area (Å²) >= 11 is 0. The van der Waals surface area contributed by atoms with E-state index in [1.54, 1.807) is 6.08 Å². The smallest absolute Gasteiger partial charge is 0.127 e. The second-order valence-corrected chi connectivity index (χ2v) is 3.79. The predicted octanol–water partition coefficient (Wildman–Crippen LogP) is 3.68. The molecular formula is C12H13F. The molecule has 1 aliphatic carbocycles. The number of hydrogen-bond acceptors (Lipinski definition) is 0. The fraction of sp³-hybridized carbons (Fsp3) is 0.333. The van der Waals surface area contributed by atoms with Crippen molar-refractivity contribution in [2.45, 2.75) is 26.2 Å². The molecule has 0 radical (unpaired) electrons. The Bertz CT molecular complexity index is 361. The number of fused-ring (bicyclic) bond motifs is 1. The lowest BCUT2D eigenvalue weighted by Gasteiger charge is -2.11. The zero-order chi connectivity index (χ0) is 9.42. The topological polar surface area (TPSA) is 0 Å². The number of rotatable bonds is 1. The number of halogens is 1. The van der Waals surface area contributed by atoms with Gasteiger partial charge >= 0.3 is 0 Å². The van der Waals surface area contributed by atoms with E-state index in [9.17, 15) is 4.39 Å². The number of hydrogen-bond donors (Lipinski definition) is 0. The summed E-state index contributed by atoms with van der Waals surface area (Å²) in [5, 5.41) is 0. The highest BCUT2D eigenvalue weighted by molar-refractivity contribution is 5.70. The van der Waals surface area contributed by atoms with Gasteiger partial charge in [-0.2, -0.15) is 0 Å². The van der Waals surface area contributed by atoms with Crippen LogP contribution in [-0.2, 0) is 6.42 Å². The lowest BCUT2D eigenvalue weighted by atomic mass is 9.95. The largest absolute Gasteiger partial charge is 0.207 e. The molecule has 0 nitrogen and oxygen atoms in total. The van der Waals surface area contributed by atoms with Crippen LogP contribution in [0.1, 0.15) is 36.5 Å². The van der Waals surface area contributed by atoms with Crippen LogP contribution in [0.3, 0.4) is 0 Å². The van der Waals surface area contributed by atoms with Crippen molar-refractivity contribution >= 4 is 5.83 Å². The maximum Gasteiger partial charge on any atom is 0.127 e. The first kappa shape index (κ1) is 8.49. The van der Waals surface area contributed by atoms with Crippen molar-refractivity contribution in [2.24, 2.45) is 0 Å². The molecule has 1 aliphatic rings. The van der Waals surface area contributed by atoms with E-state index in [0.29, 0.717) is 5.92 Å². The minimum Gasteiger partial charge on any atom is -0.207 e. The Morgan fingerprint density at radius 3 is 2.77 bits per heavy atom. The van der Waals surface area contributed by atoms with Gasteiger partial charge in [-0.15, -0.1) is 0 Å². The summed E-state index contributed by atoms with van der Waals surface area (Å²) in [4.78, 5) is 0. The molecule has 68 valence electrons. The first-order valence-electron chi connectivity index (χ1n) is 4.68. The van der Waals surface area contributed by atoms with Crippen molar-refractivity contribution in [3.05, 3.63) is 41.0 Å². The summed E-state index contributed by atoms with van der Waals surface area (Å²) in [6.45, 7) is 4.20. The Morgan fingerprint density at radius 1 is 1.31 bits per heavy atom. The van der Waals surface area contributed by atoms with Gasteiger partial charge in [0.1, 0.15) is 5.83 Å². The highest BCUT2D eigenvalue weighted by Crippen LogP contribution is 2.34. The molecule has 1 aromatic carbocycles. The van der Waals surface area contributed by atoms with Crippen molar-refractivity contribution in [2.75, 3.05) is 0 Å². The minimum absolute atomic E-state index is 0.0423. The van der Waals surface area contributed by atoms with E-state index < -0.39 is 0 Å². The molecular weight excluding hydrogens is 163 g/mol. The van der Waals surface area contributed by atoms with Crippen molar-refractivity contribution < 1.29 is 4.39 Å². The lowest BCUT2D eigenvalue weighted by molar-refractivity contribution is 0.753. The second-order valence-electron chi connectivity index (χ2n) is 3.79. The summed E-state index contributed by atoms with van der Waals surface area (Å²) in [7, 11) is 0. The molecule has 1 heteroatoms. The Kier molecular flexibility index (Phi) is 1.95. The molecule has 13 heavy (non-hydrogen) atoms. The standard InChI is InChI=1S/C12H13F/c1-8(2)10-5-3-4-9-6-7-11(13)12(9)10/h3-5,7-8H,6H2,1-2H3. The van der Waals surface area contributed by atoms with Crippen LogP contribution in [0.5, 0.6) is 0 Å². The van der Waals surface area contributed by atoms with Crippen LogP contribution in [0, 0.1) is 0 Å². The molecule has 0 heterocycles. The summed E-state index contributed by atoms with van der Waals surface area (Å²) in [6.07, 6.45) is 2.41. The average Bonchev–Trinajstić information content (AvgIpc) is 2.48. The summed E-state index contributed by atoms with van der Waals surface area (Å²) in [5.41, 5.74) is 3.10. The van der Waals surface area contributed by atoms with E-state index in [0.717, 1.165) is 23.1 Å². The van der Waals surface area contributed by atoms with E-state index >= 15 is 0 Å². The normalized spacial score (nSPS) is 14.6. The predicted molar refractivity (Wildman–Crippen MR) is 53.3 cm³/mol. The van der Waals surface area contributed by atoms with Gasteiger partial charge < -0.3 is 0 Å². The fourth-order valence-corrected chi connectivity index (χ4v) is 1.86. The molecule has 0 saturated carbocycles. The van der Waals surface area contributed by atoms with Crippen LogP contribution >= 0.6 is 0 Å². The molecule has 0 aliphatic heterocycles. The molecule has 0 unspecified atom stereocenters. The van der Waals surface area contributed by atoms with Crippen LogP contribution in [-0.4, -0.2) is 0 Å². The molecule has 1 aromatic rings. The van der Waals surface area contributed by atoms with E-state index in [2.05, 4.69) is 13.8 Å². The zero-order valence-electron chi connectivity index (χ0n) is 7.97. The zero-order valence-corrected chi connectivity index (χ0v) is 7.97. The van der Waals surface area contributed by atoms with Gasteiger partial charge in [-0.05, 0) is 29.5 Å². The van der Waals surface area contributed by atoms with Crippen molar-refractivity contribution in [1.29, 1.82) is 0 Å². The quantitative estimate of drug-likeness (QED) is 0.612. The van der Waals surface area contributed by atoms with Crippen LogP contribution < -0.4 is 0 Å². The monoisotopic (exact) mass is 176 g/mol. The third kappa shape index (κ3) is 1.28. The molecule has 0 fully saturated rings. The van der Waals surface area contributed by atoms with E-state index in [4.69, 9.17) is 0 Å². The molecule has 0 saturated heterocycles. The first-order valence-corrected chi connectivity index (χ1v) is 4.68. The first-order chi connectivity index (χ1) is 6.20. The van der Waals surface area contributed by atoms with Crippen LogP contribution in [0.2, 0.25) is 0 Å². The van der Waals surface area contributed by atoms with Gasteiger partial charge in [0.15, 0.2) is 0 Å². The van der Waals surface area contributed by atoms with E-state index in [-0.39, 0.29) is 5.83 Å². The number of benzene rings is 1. The highest BCUT2D eigenvalue weighted by atomic mass is 19.1. The SMILES string of the molecule is CC(C)c1cccc2c1C(F)=CC2. The molecule has 0 aromatic heterocycles. The maximum atomic E-state index is 13.4. The highest BCUT2D eigenvalue weighted by Gasteiger charge is 2.18. The maximum absolute atomic E-state index is 13.4.